The topological polar surface area (TPSA) is 61.5 Å². The molecule has 0 saturated heterocycles. The molecule has 82 valence electrons. The zero-order valence-corrected chi connectivity index (χ0v) is 8.95. The van der Waals surface area contributed by atoms with E-state index in [1.807, 2.05) is 6.07 Å². The van der Waals surface area contributed by atoms with Crippen LogP contribution in [0.2, 0.25) is 0 Å². The molecule has 0 unspecified atom stereocenters. The maximum absolute atomic E-state index is 11.3. The average Bonchev–Trinajstić information content (AvgIpc) is 2.28. The fourth-order valence-electron chi connectivity index (χ4n) is 1.34. The SMILES string of the molecule is COC(=O)c1ccc(CCN)cc1OC. The van der Waals surface area contributed by atoms with E-state index in [0.29, 0.717) is 17.9 Å². The molecule has 0 saturated carbocycles. The van der Waals surface area contributed by atoms with E-state index in [-0.39, 0.29) is 0 Å². The molecule has 0 bridgehead atoms. The summed E-state index contributed by atoms with van der Waals surface area (Å²) in [6, 6.07) is 5.34. The number of carbonyl (C=O) groups is 1. The first-order valence-electron chi connectivity index (χ1n) is 4.68. The molecule has 1 aromatic rings. The summed E-state index contributed by atoms with van der Waals surface area (Å²) in [6.45, 7) is 0.570. The van der Waals surface area contributed by atoms with E-state index < -0.39 is 5.97 Å². The van der Waals surface area contributed by atoms with Gasteiger partial charge in [0, 0.05) is 0 Å². The van der Waals surface area contributed by atoms with E-state index in [4.69, 9.17) is 10.5 Å². The van der Waals surface area contributed by atoms with Gasteiger partial charge in [-0.2, -0.15) is 0 Å². The number of ether oxygens (including phenoxy) is 2. The molecule has 4 heteroatoms. The first kappa shape index (κ1) is 11.5. The lowest BCUT2D eigenvalue weighted by molar-refractivity contribution is 0.0597. The lowest BCUT2D eigenvalue weighted by Gasteiger charge is -2.08. The lowest BCUT2D eigenvalue weighted by Crippen LogP contribution is -2.06. The largest absolute Gasteiger partial charge is 0.496 e. The number of esters is 1. The smallest absolute Gasteiger partial charge is 0.341 e. The van der Waals surface area contributed by atoms with Crippen LogP contribution in [0, 0.1) is 0 Å². The van der Waals surface area contributed by atoms with Crippen LogP contribution >= 0.6 is 0 Å². The Hall–Kier alpha value is -1.55. The summed E-state index contributed by atoms with van der Waals surface area (Å²) in [5.41, 5.74) is 6.92. The molecular formula is C11H15NO3. The van der Waals surface area contributed by atoms with E-state index in [1.54, 1.807) is 12.1 Å². The van der Waals surface area contributed by atoms with E-state index in [1.165, 1.54) is 14.2 Å². The third-order valence-electron chi connectivity index (χ3n) is 2.10. The van der Waals surface area contributed by atoms with Crippen molar-refractivity contribution in [3.05, 3.63) is 29.3 Å². The molecule has 15 heavy (non-hydrogen) atoms. The van der Waals surface area contributed by atoms with Crippen LogP contribution in [-0.4, -0.2) is 26.7 Å². The second-order valence-electron chi connectivity index (χ2n) is 3.06. The van der Waals surface area contributed by atoms with Crippen molar-refractivity contribution in [1.82, 2.24) is 0 Å². The molecule has 0 aromatic heterocycles. The van der Waals surface area contributed by atoms with Crippen LogP contribution in [0.1, 0.15) is 15.9 Å². The van der Waals surface area contributed by atoms with Crippen molar-refractivity contribution < 1.29 is 14.3 Å². The summed E-state index contributed by atoms with van der Waals surface area (Å²) in [4.78, 5) is 11.3. The van der Waals surface area contributed by atoms with Crippen molar-refractivity contribution in [1.29, 1.82) is 0 Å². The Morgan fingerprint density at radius 1 is 1.40 bits per heavy atom. The molecule has 1 rings (SSSR count). The standard InChI is InChI=1S/C11H15NO3/c1-14-10-7-8(5-6-12)3-4-9(10)11(13)15-2/h3-4,7H,5-6,12H2,1-2H3. The van der Waals surface area contributed by atoms with Gasteiger partial charge in [-0.05, 0) is 30.7 Å². The van der Waals surface area contributed by atoms with Crippen molar-refractivity contribution in [2.24, 2.45) is 5.73 Å². The molecule has 0 aliphatic heterocycles. The van der Waals surface area contributed by atoms with Gasteiger partial charge in [-0.3, -0.25) is 0 Å². The highest BCUT2D eigenvalue weighted by molar-refractivity contribution is 5.92. The molecule has 0 aliphatic rings. The van der Waals surface area contributed by atoms with Gasteiger partial charge >= 0.3 is 5.97 Å². The quantitative estimate of drug-likeness (QED) is 0.751. The molecule has 4 nitrogen and oxygen atoms in total. The van der Waals surface area contributed by atoms with Gasteiger partial charge in [-0.1, -0.05) is 6.07 Å². The summed E-state index contributed by atoms with van der Waals surface area (Å²) in [7, 11) is 2.86. The Morgan fingerprint density at radius 2 is 2.13 bits per heavy atom. The van der Waals surface area contributed by atoms with Crippen molar-refractivity contribution in [3.8, 4) is 5.75 Å². The van der Waals surface area contributed by atoms with Gasteiger partial charge in [-0.25, -0.2) is 4.79 Å². The lowest BCUT2D eigenvalue weighted by atomic mass is 10.1. The number of methoxy groups -OCH3 is 2. The number of hydrogen-bond donors (Lipinski definition) is 1. The second-order valence-corrected chi connectivity index (χ2v) is 3.06. The Bertz CT molecular complexity index is 350. The first-order valence-corrected chi connectivity index (χ1v) is 4.68. The zero-order valence-electron chi connectivity index (χ0n) is 8.95. The van der Waals surface area contributed by atoms with E-state index >= 15 is 0 Å². The third kappa shape index (κ3) is 2.70. The number of rotatable bonds is 4. The minimum atomic E-state index is -0.397. The van der Waals surface area contributed by atoms with E-state index in [0.717, 1.165) is 12.0 Å². The Morgan fingerprint density at radius 3 is 2.67 bits per heavy atom. The summed E-state index contributed by atoms with van der Waals surface area (Å²) in [6.07, 6.45) is 0.762. The van der Waals surface area contributed by atoms with E-state index in [9.17, 15) is 4.79 Å². The predicted molar refractivity (Wildman–Crippen MR) is 57.1 cm³/mol. The number of hydrogen-bond acceptors (Lipinski definition) is 4. The van der Waals surface area contributed by atoms with Crippen molar-refractivity contribution in [2.75, 3.05) is 20.8 Å². The highest BCUT2D eigenvalue weighted by Crippen LogP contribution is 2.21. The van der Waals surface area contributed by atoms with Crippen LogP contribution < -0.4 is 10.5 Å². The maximum Gasteiger partial charge on any atom is 0.341 e. The van der Waals surface area contributed by atoms with E-state index in [2.05, 4.69) is 4.74 Å². The van der Waals surface area contributed by atoms with Gasteiger partial charge in [0.15, 0.2) is 0 Å². The minimum Gasteiger partial charge on any atom is -0.496 e. The van der Waals surface area contributed by atoms with Gasteiger partial charge in [-0.15, -0.1) is 0 Å². The predicted octanol–water partition coefficient (Wildman–Crippen LogP) is 0.983. The molecule has 0 aliphatic carbocycles. The van der Waals surface area contributed by atoms with Gasteiger partial charge < -0.3 is 15.2 Å². The van der Waals surface area contributed by atoms with Crippen molar-refractivity contribution >= 4 is 5.97 Å². The van der Waals surface area contributed by atoms with Crippen molar-refractivity contribution in [2.45, 2.75) is 6.42 Å². The summed E-state index contributed by atoms with van der Waals surface area (Å²) >= 11 is 0. The van der Waals surface area contributed by atoms with Crippen molar-refractivity contribution in [3.63, 3.8) is 0 Å². The van der Waals surface area contributed by atoms with Crippen LogP contribution in [0.3, 0.4) is 0 Å². The summed E-state index contributed by atoms with van der Waals surface area (Å²) in [5.74, 6) is 0.124. The normalized spacial score (nSPS) is 9.80. The molecule has 0 atom stereocenters. The van der Waals surface area contributed by atoms with Gasteiger partial charge in [0.2, 0.25) is 0 Å². The van der Waals surface area contributed by atoms with Crippen LogP contribution in [0.25, 0.3) is 0 Å². The number of nitrogens with two attached hydrogens (primary N) is 1. The zero-order chi connectivity index (χ0) is 11.3. The fourth-order valence-corrected chi connectivity index (χ4v) is 1.34. The average molecular weight is 209 g/mol. The molecule has 2 N–H and O–H groups in total. The molecule has 0 heterocycles. The minimum absolute atomic E-state index is 0.397. The van der Waals surface area contributed by atoms with Gasteiger partial charge in [0.25, 0.3) is 0 Å². The van der Waals surface area contributed by atoms with Crippen LogP contribution in [0.15, 0.2) is 18.2 Å². The Labute approximate surface area is 89.0 Å². The highest BCUT2D eigenvalue weighted by atomic mass is 16.5. The third-order valence-corrected chi connectivity index (χ3v) is 2.10. The summed E-state index contributed by atoms with van der Waals surface area (Å²) < 4.78 is 9.75. The first-order chi connectivity index (χ1) is 7.22. The monoisotopic (exact) mass is 209 g/mol. The Balaban J connectivity index is 3.03. The Kier molecular flexibility index (Phi) is 4.12. The fraction of sp³-hybridized carbons (Fsp3) is 0.364. The van der Waals surface area contributed by atoms with Crippen LogP contribution in [-0.2, 0) is 11.2 Å². The molecule has 0 spiro atoms. The molecule has 0 amide bonds. The molecule has 1 aromatic carbocycles. The second kappa shape index (κ2) is 5.36. The number of benzene rings is 1. The maximum atomic E-state index is 11.3. The van der Waals surface area contributed by atoms with Crippen LogP contribution in [0.5, 0.6) is 5.75 Å². The molecule has 0 fully saturated rings. The molecule has 0 radical (unpaired) electrons. The van der Waals surface area contributed by atoms with Gasteiger partial charge in [0.05, 0.1) is 14.2 Å². The van der Waals surface area contributed by atoms with Gasteiger partial charge in [0.1, 0.15) is 11.3 Å². The highest BCUT2D eigenvalue weighted by Gasteiger charge is 2.12. The number of carbonyl (C=O) groups excluding carboxylic acids is 1. The van der Waals surface area contributed by atoms with Crippen LogP contribution in [0.4, 0.5) is 0 Å². The molecular weight excluding hydrogens is 194 g/mol. The summed E-state index contributed by atoms with van der Waals surface area (Å²) in [5, 5.41) is 0.